The molecule has 0 aromatic carbocycles. The molecular formula is C24H34N6O2. The molecule has 8 nitrogen and oxygen atoms in total. The number of aryl methyl sites for hydroxylation is 1. The third kappa shape index (κ3) is 5.02. The first-order chi connectivity index (χ1) is 15.6. The molecule has 0 spiro atoms. The highest BCUT2D eigenvalue weighted by Crippen LogP contribution is 2.24. The second-order valence-corrected chi connectivity index (χ2v) is 8.63. The van der Waals surface area contributed by atoms with Crippen molar-refractivity contribution >= 4 is 17.1 Å². The van der Waals surface area contributed by atoms with Gasteiger partial charge >= 0.3 is 0 Å². The second kappa shape index (κ2) is 10.3. The lowest BCUT2D eigenvalue weighted by molar-refractivity contribution is 0.0991. The van der Waals surface area contributed by atoms with E-state index in [1.807, 2.05) is 49.1 Å². The number of primary amides is 1. The number of imidazole rings is 1. The van der Waals surface area contributed by atoms with Crippen LogP contribution in [0.25, 0.3) is 11.2 Å². The van der Waals surface area contributed by atoms with Gasteiger partial charge in [0.1, 0.15) is 17.0 Å². The normalized spacial score (nSPS) is 15.6. The van der Waals surface area contributed by atoms with Crippen LogP contribution in [0, 0.1) is 5.92 Å². The molecule has 0 atom stereocenters. The van der Waals surface area contributed by atoms with Gasteiger partial charge in [-0.15, -0.1) is 0 Å². The molecule has 8 heteroatoms. The van der Waals surface area contributed by atoms with Crippen LogP contribution in [0.4, 0.5) is 0 Å². The van der Waals surface area contributed by atoms with Gasteiger partial charge in [0.25, 0.3) is 5.91 Å². The number of fused-ring (bicyclic) bond motifs is 1. The van der Waals surface area contributed by atoms with E-state index in [0.717, 1.165) is 81.0 Å². The van der Waals surface area contributed by atoms with E-state index in [0.29, 0.717) is 18.2 Å². The average Bonchev–Trinajstić information content (AvgIpc) is 3.33. The molecule has 0 unspecified atom stereocenters. The van der Waals surface area contributed by atoms with E-state index in [4.69, 9.17) is 15.5 Å². The van der Waals surface area contributed by atoms with Gasteiger partial charge in [0.05, 0.1) is 6.61 Å². The second-order valence-electron chi connectivity index (χ2n) is 8.63. The lowest BCUT2D eigenvalue weighted by Crippen LogP contribution is -2.36. The summed E-state index contributed by atoms with van der Waals surface area (Å²) in [5.41, 5.74) is 9.12. The van der Waals surface area contributed by atoms with Crippen LogP contribution >= 0.6 is 0 Å². The molecule has 1 fully saturated rings. The number of amides is 1. The Morgan fingerprint density at radius 2 is 2.06 bits per heavy atom. The molecule has 4 heterocycles. The van der Waals surface area contributed by atoms with Gasteiger partial charge in [0, 0.05) is 45.6 Å². The molecule has 0 bridgehead atoms. The maximum atomic E-state index is 11.7. The van der Waals surface area contributed by atoms with Crippen molar-refractivity contribution in [3.63, 3.8) is 0 Å². The third-order valence-corrected chi connectivity index (χ3v) is 6.51. The number of ether oxygens (including phenoxy) is 1. The first-order valence-corrected chi connectivity index (χ1v) is 11.6. The minimum atomic E-state index is -0.354. The summed E-state index contributed by atoms with van der Waals surface area (Å²) in [5.74, 6) is 1.38. The Morgan fingerprint density at radius 3 is 2.81 bits per heavy atom. The van der Waals surface area contributed by atoms with E-state index in [2.05, 4.69) is 14.5 Å². The van der Waals surface area contributed by atoms with Crippen LogP contribution < -0.4 is 5.73 Å². The van der Waals surface area contributed by atoms with Crippen molar-refractivity contribution < 1.29 is 9.53 Å². The maximum Gasteiger partial charge on any atom is 0.265 e. The highest BCUT2D eigenvalue weighted by Gasteiger charge is 2.23. The van der Waals surface area contributed by atoms with Crippen LogP contribution in [-0.2, 0) is 31.2 Å². The number of aromatic nitrogens is 4. The van der Waals surface area contributed by atoms with E-state index in [9.17, 15) is 4.79 Å². The van der Waals surface area contributed by atoms with E-state index < -0.39 is 0 Å². The molecule has 4 rings (SSSR count). The zero-order valence-electron chi connectivity index (χ0n) is 19.2. The predicted molar refractivity (Wildman–Crippen MR) is 125 cm³/mol. The molecule has 1 saturated heterocycles. The highest BCUT2D eigenvalue weighted by molar-refractivity contribution is 5.92. The Hall–Kier alpha value is -2.71. The summed E-state index contributed by atoms with van der Waals surface area (Å²) in [5, 5.41) is 0. The highest BCUT2D eigenvalue weighted by atomic mass is 16.5. The van der Waals surface area contributed by atoms with Crippen LogP contribution in [0.15, 0.2) is 30.6 Å². The Morgan fingerprint density at radius 1 is 1.25 bits per heavy atom. The fraction of sp³-hybridized carbons (Fsp3) is 0.542. The molecule has 172 valence electrons. The van der Waals surface area contributed by atoms with E-state index in [1.54, 1.807) is 0 Å². The van der Waals surface area contributed by atoms with Gasteiger partial charge in [-0.25, -0.2) is 9.97 Å². The van der Waals surface area contributed by atoms with Crippen LogP contribution in [-0.4, -0.2) is 62.8 Å². The zero-order valence-corrected chi connectivity index (χ0v) is 19.2. The van der Waals surface area contributed by atoms with E-state index in [-0.39, 0.29) is 5.91 Å². The van der Waals surface area contributed by atoms with Crippen molar-refractivity contribution in [3.8, 4) is 0 Å². The van der Waals surface area contributed by atoms with Crippen molar-refractivity contribution in [3.05, 3.63) is 47.7 Å². The van der Waals surface area contributed by atoms with Crippen LogP contribution in [0.3, 0.4) is 0 Å². The van der Waals surface area contributed by atoms with Crippen molar-refractivity contribution in [2.24, 2.45) is 18.7 Å². The lowest BCUT2D eigenvalue weighted by atomic mass is 9.93. The number of rotatable bonds is 10. The number of carbonyl (C=O) groups excluding carboxylic acids is 1. The third-order valence-electron chi connectivity index (χ3n) is 6.51. The Balaban J connectivity index is 1.34. The van der Waals surface area contributed by atoms with Gasteiger partial charge < -0.3 is 24.5 Å². The fourth-order valence-electron chi connectivity index (χ4n) is 4.76. The molecule has 1 amide bonds. The van der Waals surface area contributed by atoms with Crippen LogP contribution in [0.2, 0.25) is 0 Å². The SMILES string of the molecule is CCOCCn1c(CC2CCN(CCc3ccn(C)c3C(N)=O)CC2)nc2cccnc21. The number of likely N-dealkylation sites (tertiary alicyclic amines) is 1. The summed E-state index contributed by atoms with van der Waals surface area (Å²) >= 11 is 0. The van der Waals surface area contributed by atoms with Crippen molar-refractivity contribution in [2.75, 3.05) is 32.8 Å². The number of nitrogens with two attached hydrogens (primary N) is 1. The van der Waals surface area contributed by atoms with E-state index >= 15 is 0 Å². The van der Waals surface area contributed by atoms with Gasteiger partial charge in [0.15, 0.2) is 5.65 Å². The molecular weight excluding hydrogens is 404 g/mol. The van der Waals surface area contributed by atoms with Crippen LogP contribution in [0.5, 0.6) is 0 Å². The monoisotopic (exact) mass is 438 g/mol. The molecule has 0 saturated carbocycles. The van der Waals surface area contributed by atoms with Gasteiger partial charge in [-0.2, -0.15) is 0 Å². The summed E-state index contributed by atoms with van der Waals surface area (Å²) in [6, 6.07) is 5.99. The van der Waals surface area contributed by atoms with Crippen molar-refractivity contribution in [1.29, 1.82) is 0 Å². The Bertz CT molecular complexity index is 1050. The largest absolute Gasteiger partial charge is 0.380 e. The molecule has 0 aliphatic carbocycles. The quantitative estimate of drug-likeness (QED) is 0.491. The Kier molecular flexibility index (Phi) is 7.22. The number of hydrogen-bond donors (Lipinski definition) is 1. The summed E-state index contributed by atoms with van der Waals surface area (Å²) in [4.78, 5) is 23.7. The summed E-state index contributed by atoms with van der Waals surface area (Å²) in [7, 11) is 1.87. The summed E-state index contributed by atoms with van der Waals surface area (Å²) in [6.07, 6.45) is 7.87. The first kappa shape index (κ1) is 22.5. The van der Waals surface area contributed by atoms with Crippen molar-refractivity contribution in [1.82, 2.24) is 24.0 Å². The number of piperidine rings is 1. The zero-order chi connectivity index (χ0) is 22.5. The molecule has 3 aromatic rings. The average molecular weight is 439 g/mol. The summed E-state index contributed by atoms with van der Waals surface area (Å²) in [6.45, 7) is 7.30. The van der Waals surface area contributed by atoms with E-state index in [1.165, 1.54) is 0 Å². The minimum absolute atomic E-state index is 0.354. The van der Waals surface area contributed by atoms with Crippen LogP contribution in [0.1, 0.15) is 41.6 Å². The van der Waals surface area contributed by atoms with Gasteiger partial charge in [-0.1, -0.05) is 0 Å². The summed E-state index contributed by atoms with van der Waals surface area (Å²) < 4.78 is 9.64. The lowest BCUT2D eigenvalue weighted by Gasteiger charge is -2.32. The first-order valence-electron chi connectivity index (χ1n) is 11.6. The standard InChI is InChI=1S/C24H34N6O2/c1-3-32-16-15-30-21(27-20-5-4-10-26-24(20)30)17-18-6-12-29(13-7-18)14-9-19-8-11-28(2)22(19)23(25)31/h4-5,8,10-11,18H,3,6-7,9,12-17H2,1-2H3,(H2,25,31). The molecule has 0 radical (unpaired) electrons. The van der Waals surface area contributed by atoms with Gasteiger partial charge in [-0.05, 0) is 69.0 Å². The topological polar surface area (TPSA) is 91.2 Å². The smallest absolute Gasteiger partial charge is 0.265 e. The Labute approximate surface area is 189 Å². The van der Waals surface area contributed by atoms with Gasteiger partial charge in [-0.3, -0.25) is 4.79 Å². The molecule has 1 aliphatic heterocycles. The molecule has 3 aromatic heterocycles. The number of pyridine rings is 1. The van der Waals surface area contributed by atoms with Gasteiger partial charge in [0.2, 0.25) is 0 Å². The fourth-order valence-corrected chi connectivity index (χ4v) is 4.76. The predicted octanol–water partition coefficient (Wildman–Crippen LogP) is 2.40. The number of nitrogens with zero attached hydrogens (tertiary/aromatic N) is 5. The molecule has 2 N–H and O–H groups in total. The maximum absolute atomic E-state index is 11.7. The minimum Gasteiger partial charge on any atom is -0.380 e. The molecule has 32 heavy (non-hydrogen) atoms. The number of carbonyl (C=O) groups is 1. The number of hydrogen-bond acceptors (Lipinski definition) is 5. The molecule has 1 aliphatic rings. The van der Waals surface area contributed by atoms with Crippen molar-refractivity contribution in [2.45, 2.75) is 39.2 Å².